The standard InChI is InChI=1S/C16H19N7O/c1-22(2)9-3-5-20-16(24)12-10-21-23-14(4-6-19-15(12)23)13-11-17-7-8-18-13/h4,6-8,10-11H,3,5,9H2,1-2H3,(H,20,24). The van der Waals surface area contributed by atoms with Crippen LogP contribution in [0.5, 0.6) is 0 Å². The van der Waals surface area contributed by atoms with Crippen molar-refractivity contribution in [3.8, 4) is 11.4 Å². The lowest BCUT2D eigenvalue weighted by molar-refractivity contribution is 0.0953. The zero-order chi connectivity index (χ0) is 16.9. The molecule has 0 saturated heterocycles. The molecule has 3 aromatic heterocycles. The predicted octanol–water partition coefficient (Wildman–Crippen LogP) is 0.868. The van der Waals surface area contributed by atoms with E-state index in [4.69, 9.17) is 0 Å². The summed E-state index contributed by atoms with van der Waals surface area (Å²) in [6, 6.07) is 1.79. The number of fused-ring (bicyclic) bond motifs is 1. The normalized spacial score (nSPS) is 11.1. The number of amides is 1. The largest absolute Gasteiger partial charge is 0.352 e. The molecule has 0 unspecified atom stereocenters. The topological polar surface area (TPSA) is 88.3 Å². The third-order valence-electron chi connectivity index (χ3n) is 3.54. The summed E-state index contributed by atoms with van der Waals surface area (Å²) >= 11 is 0. The van der Waals surface area contributed by atoms with E-state index in [1.165, 1.54) is 6.20 Å². The second-order valence-corrected chi connectivity index (χ2v) is 5.63. The van der Waals surface area contributed by atoms with Crippen molar-refractivity contribution in [2.45, 2.75) is 6.42 Å². The smallest absolute Gasteiger partial charge is 0.256 e. The van der Waals surface area contributed by atoms with Gasteiger partial charge < -0.3 is 10.2 Å². The van der Waals surface area contributed by atoms with Gasteiger partial charge in [0, 0.05) is 25.1 Å². The van der Waals surface area contributed by atoms with Gasteiger partial charge in [-0.2, -0.15) is 5.10 Å². The van der Waals surface area contributed by atoms with E-state index in [1.807, 2.05) is 14.1 Å². The number of nitrogens with zero attached hydrogens (tertiary/aromatic N) is 6. The molecule has 0 atom stereocenters. The van der Waals surface area contributed by atoms with E-state index in [0.29, 0.717) is 23.4 Å². The van der Waals surface area contributed by atoms with Crippen molar-refractivity contribution in [1.82, 2.24) is 34.8 Å². The molecule has 0 radical (unpaired) electrons. The number of carbonyl (C=O) groups excluding carboxylic acids is 1. The van der Waals surface area contributed by atoms with Gasteiger partial charge in [0.05, 0.1) is 18.1 Å². The van der Waals surface area contributed by atoms with Gasteiger partial charge in [-0.25, -0.2) is 9.50 Å². The monoisotopic (exact) mass is 325 g/mol. The Bertz CT molecular complexity index is 829. The molecule has 0 aliphatic heterocycles. The van der Waals surface area contributed by atoms with Crippen LogP contribution in [0.15, 0.2) is 37.1 Å². The summed E-state index contributed by atoms with van der Waals surface area (Å²) in [5.41, 5.74) is 2.36. The molecule has 0 aliphatic rings. The minimum absolute atomic E-state index is 0.174. The summed E-state index contributed by atoms with van der Waals surface area (Å²) in [4.78, 5) is 27.1. The average molecular weight is 325 g/mol. The molecule has 0 saturated carbocycles. The van der Waals surface area contributed by atoms with Crippen LogP contribution in [0.3, 0.4) is 0 Å². The first-order valence-electron chi connectivity index (χ1n) is 7.69. The van der Waals surface area contributed by atoms with Gasteiger partial charge in [0.1, 0.15) is 11.3 Å². The summed E-state index contributed by atoms with van der Waals surface area (Å²) in [5, 5.41) is 7.19. The minimum atomic E-state index is -0.174. The Labute approximate surface area is 139 Å². The fourth-order valence-electron chi connectivity index (χ4n) is 2.37. The lowest BCUT2D eigenvalue weighted by atomic mass is 10.2. The molecule has 0 bridgehead atoms. The van der Waals surface area contributed by atoms with Crippen molar-refractivity contribution in [2.75, 3.05) is 27.2 Å². The zero-order valence-corrected chi connectivity index (χ0v) is 13.7. The molecule has 0 aliphatic carbocycles. The number of rotatable bonds is 6. The molecule has 3 heterocycles. The van der Waals surface area contributed by atoms with E-state index in [-0.39, 0.29) is 5.91 Å². The fraction of sp³-hybridized carbons (Fsp3) is 0.312. The Balaban J connectivity index is 1.82. The Morgan fingerprint density at radius 2 is 2.08 bits per heavy atom. The van der Waals surface area contributed by atoms with E-state index in [9.17, 15) is 4.79 Å². The van der Waals surface area contributed by atoms with Crippen molar-refractivity contribution >= 4 is 11.6 Å². The van der Waals surface area contributed by atoms with Gasteiger partial charge in [0.2, 0.25) is 0 Å². The highest BCUT2D eigenvalue weighted by atomic mass is 16.1. The molecule has 8 nitrogen and oxygen atoms in total. The van der Waals surface area contributed by atoms with E-state index < -0.39 is 0 Å². The highest BCUT2D eigenvalue weighted by molar-refractivity contribution is 5.99. The molecule has 124 valence electrons. The lowest BCUT2D eigenvalue weighted by Gasteiger charge is -2.09. The summed E-state index contributed by atoms with van der Waals surface area (Å²) in [5.74, 6) is -0.174. The van der Waals surface area contributed by atoms with Crippen LogP contribution in [-0.4, -0.2) is 62.6 Å². The van der Waals surface area contributed by atoms with E-state index in [2.05, 4.69) is 30.3 Å². The SMILES string of the molecule is CN(C)CCCNC(=O)c1cnn2c(-c3cnccn3)ccnc12. The Hall–Kier alpha value is -2.87. The quantitative estimate of drug-likeness (QED) is 0.677. The second kappa shape index (κ2) is 7.14. The molecule has 3 aromatic rings. The lowest BCUT2D eigenvalue weighted by Crippen LogP contribution is -2.27. The summed E-state index contributed by atoms with van der Waals surface area (Å²) < 4.78 is 1.61. The van der Waals surface area contributed by atoms with Crippen LogP contribution in [0.2, 0.25) is 0 Å². The maximum Gasteiger partial charge on any atom is 0.256 e. The van der Waals surface area contributed by atoms with Crippen molar-refractivity contribution < 1.29 is 4.79 Å². The Kier molecular flexibility index (Phi) is 4.76. The van der Waals surface area contributed by atoms with Crippen LogP contribution in [0.25, 0.3) is 17.0 Å². The number of hydrogen-bond acceptors (Lipinski definition) is 6. The van der Waals surface area contributed by atoms with Crippen molar-refractivity contribution in [1.29, 1.82) is 0 Å². The van der Waals surface area contributed by atoms with Gasteiger partial charge >= 0.3 is 0 Å². The molecule has 8 heteroatoms. The molecule has 24 heavy (non-hydrogen) atoms. The Morgan fingerprint density at radius 1 is 1.21 bits per heavy atom. The van der Waals surface area contributed by atoms with Crippen LogP contribution in [0.1, 0.15) is 16.8 Å². The maximum absolute atomic E-state index is 12.4. The van der Waals surface area contributed by atoms with E-state index in [0.717, 1.165) is 18.7 Å². The van der Waals surface area contributed by atoms with Gasteiger partial charge in [0.15, 0.2) is 5.65 Å². The maximum atomic E-state index is 12.4. The van der Waals surface area contributed by atoms with Crippen LogP contribution in [0.4, 0.5) is 0 Å². The molecule has 1 amide bonds. The predicted molar refractivity (Wildman–Crippen MR) is 89.5 cm³/mol. The molecule has 0 spiro atoms. The summed E-state index contributed by atoms with van der Waals surface area (Å²) in [6.45, 7) is 1.53. The molecule has 1 N–H and O–H groups in total. The first kappa shape index (κ1) is 16.0. The molecule has 3 rings (SSSR count). The number of hydrogen-bond donors (Lipinski definition) is 1. The fourth-order valence-corrected chi connectivity index (χ4v) is 2.37. The first-order valence-corrected chi connectivity index (χ1v) is 7.69. The Morgan fingerprint density at radius 3 is 2.83 bits per heavy atom. The summed E-state index contributed by atoms with van der Waals surface area (Å²) in [7, 11) is 4.01. The molecule has 0 fully saturated rings. The van der Waals surface area contributed by atoms with Crippen molar-refractivity contribution in [2.24, 2.45) is 0 Å². The highest BCUT2D eigenvalue weighted by Gasteiger charge is 2.16. The molecular formula is C16H19N7O. The average Bonchev–Trinajstić information content (AvgIpc) is 3.03. The van der Waals surface area contributed by atoms with E-state index >= 15 is 0 Å². The van der Waals surface area contributed by atoms with Crippen molar-refractivity contribution in [3.05, 3.63) is 42.6 Å². The third-order valence-corrected chi connectivity index (χ3v) is 3.54. The highest BCUT2D eigenvalue weighted by Crippen LogP contribution is 2.18. The van der Waals surface area contributed by atoms with Crippen molar-refractivity contribution in [3.63, 3.8) is 0 Å². The number of carbonyl (C=O) groups is 1. The van der Waals surface area contributed by atoms with Crippen LogP contribution in [-0.2, 0) is 0 Å². The number of nitrogens with one attached hydrogen (secondary N) is 1. The first-order chi connectivity index (χ1) is 11.7. The van der Waals surface area contributed by atoms with Crippen LogP contribution >= 0.6 is 0 Å². The molecular weight excluding hydrogens is 306 g/mol. The van der Waals surface area contributed by atoms with Gasteiger partial charge in [0.25, 0.3) is 5.91 Å². The van der Waals surface area contributed by atoms with Gasteiger partial charge in [-0.3, -0.25) is 14.8 Å². The molecule has 0 aromatic carbocycles. The van der Waals surface area contributed by atoms with Crippen LogP contribution < -0.4 is 5.32 Å². The van der Waals surface area contributed by atoms with Gasteiger partial charge in [-0.1, -0.05) is 0 Å². The number of aromatic nitrogens is 5. The third kappa shape index (κ3) is 3.38. The second-order valence-electron chi connectivity index (χ2n) is 5.63. The van der Waals surface area contributed by atoms with E-state index in [1.54, 1.807) is 35.4 Å². The van der Waals surface area contributed by atoms with Gasteiger partial charge in [-0.05, 0) is 33.1 Å². The zero-order valence-electron chi connectivity index (χ0n) is 13.7. The minimum Gasteiger partial charge on any atom is -0.352 e. The van der Waals surface area contributed by atoms with Gasteiger partial charge in [-0.15, -0.1) is 0 Å². The summed E-state index contributed by atoms with van der Waals surface area (Å²) in [6.07, 6.45) is 8.93. The van der Waals surface area contributed by atoms with Crippen LogP contribution in [0, 0.1) is 0 Å².